The van der Waals surface area contributed by atoms with E-state index in [-0.39, 0.29) is 28.9 Å². The number of fused-ring (bicyclic) bond motifs is 1. The van der Waals surface area contributed by atoms with E-state index in [0.717, 1.165) is 16.5 Å². The molecule has 5 aromatic rings. The molecule has 9 nitrogen and oxygen atoms in total. The molecule has 0 aliphatic carbocycles. The fourth-order valence-electron chi connectivity index (χ4n) is 4.52. The van der Waals surface area contributed by atoms with Crippen LogP contribution in [0.2, 0.25) is 5.02 Å². The van der Waals surface area contributed by atoms with E-state index >= 15 is 0 Å². The molecule has 1 atom stereocenters. The number of aromatic amines is 1. The normalized spacial score (nSPS) is 11.5. The zero-order valence-corrected chi connectivity index (χ0v) is 22.8. The number of benzene rings is 4. The second kappa shape index (κ2) is 12.4. The maximum absolute atomic E-state index is 13.3. The zero-order chi connectivity index (χ0) is 29.6. The van der Waals surface area contributed by atoms with Crippen LogP contribution < -0.4 is 16.0 Å². The van der Waals surface area contributed by atoms with Crippen LogP contribution in [0.15, 0.2) is 103 Å². The van der Waals surface area contributed by atoms with E-state index in [2.05, 4.69) is 20.9 Å². The third kappa shape index (κ3) is 6.32. The van der Waals surface area contributed by atoms with Crippen LogP contribution in [0.4, 0.5) is 11.4 Å². The molecule has 0 aliphatic rings. The molecule has 4 aromatic carbocycles. The van der Waals surface area contributed by atoms with E-state index in [0.29, 0.717) is 10.6 Å². The van der Waals surface area contributed by atoms with Gasteiger partial charge in [0.1, 0.15) is 6.04 Å². The second-order valence-corrected chi connectivity index (χ2v) is 9.87. The summed E-state index contributed by atoms with van der Waals surface area (Å²) in [6, 6.07) is 25.3. The Bertz CT molecular complexity index is 1800. The number of H-pyrrole nitrogens is 1. The minimum atomic E-state index is -1.22. The van der Waals surface area contributed by atoms with Crippen LogP contribution in [0.1, 0.15) is 36.6 Å². The molecule has 0 unspecified atom stereocenters. The van der Waals surface area contributed by atoms with Crippen molar-refractivity contribution >= 4 is 57.6 Å². The number of amides is 3. The minimum Gasteiger partial charge on any atom is -0.480 e. The number of carboxylic acids is 1. The lowest BCUT2D eigenvalue weighted by atomic mass is 10.0. The number of rotatable bonds is 9. The summed E-state index contributed by atoms with van der Waals surface area (Å²) in [5.74, 6) is -2.86. The first-order valence-corrected chi connectivity index (χ1v) is 13.3. The van der Waals surface area contributed by atoms with E-state index in [1.807, 2.05) is 24.3 Å². The lowest BCUT2D eigenvalue weighted by molar-refractivity contribution is -0.139. The molecule has 1 heterocycles. The van der Waals surface area contributed by atoms with Crippen molar-refractivity contribution in [3.05, 3.63) is 131 Å². The Hall–Kier alpha value is -5.41. The van der Waals surface area contributed by atoms with Gasteiger partial charge in [-0.05, 0) is 60.2 Å². The number of anilines is 2. The smallest absolute Gasteiger partial charge is 0.326 e. The number of carbonyl (C=O) groups is 4. The van der Waals surface area contributed by atoms with Crippen molar-refractivity contribution in [1.29, 1.82) is 0 Å². The number of aliphatic carboxylic acids is 1. The SMILES string of the molecule is O=C(Nc1ccccc1C(=O)Nc1ccccc1C(=O)N[C@H](Cc1c[nH]c2ccccc12)C(=O)O)c1ccc(Cl)cc1. The summed E-state index contributed by atoms with van der Waals surface area (Å²) >= 11 is 5.91. The predicted molar refractivity (Wildman–Crippen MR) is 161 cm³/mol. The Kier molecular flexibility index (Phi) is 8.31. The van der Waals surface area contributed by atoms with Gasteiger partial charge in [-0.25, -0.2) is 4.79 Å². The van der Waals surface area contributed by atoms with Crippen LogP contribution in [0.25, 0.3) is 10.9 Å². The van der Waals surface area contributed by atoms with Crippen molar-refractivity contribution in [2.24, 2.45) is 0 Å². The number of nitrogens with one attached hydrogen (secondary N) is 4. The Labute approximate surface area is 245 Å². The molecule has 10 heteroatoms. The zero-order valence-electron chi connectivity index (χ0n) is 22.1. The maximum atomic E-state index is 13.3. The molecule has 210 valence electrons. The summed E-state index contributed by atoms with van der Waals surface area (Å²) in [4.78, 5) is 54.6. The molecular formula is C32H25ClN4O5. The average molecular weight is 581 g/mol. The van der Waals surface area contributed by atoms with Gasteiger partial charge in [0, 0.05) is 34.1 Å². The van der Waals surface area contributed by atoms with E-state index in [1.165, 1.54) is 18.2 Å². The number of carboxylic acid groups (broad SMARTS) is 1. The number of hydrogen-bond acceptors (Lipinski definition) is 4. The molecule has 0 aliphatic heterocycles. The van der Waals surface area contributed by atoms with Crippen molar-refractivity contribution < 1.29 is 24.3 Å². The summed E-state index contributed by atoms with van der Waals surface area (Å²) in [5.41, 5.74) is 2.66. The first-order chi connectivity index (χ1) is 20.3. The van der Waals surface area contributed by atoms with Crippen molar-refractivity contribution in [3.8, 4) is 0 Å². The van der Waals surface area contributed by atoms with Gasteiger partial charge in [-0.1, -0.05) is 54.1 Å². The molecule has 0 saturated carbocycles. The fraction of sp³-hybridized carbons (Fsp3) is 0.0625. The number of carbonyl (C=O) groups excluding carboxylic acids is 3. The Balaban J connectivity index is 1.33. The molecule has 0 spiro atoms. The number of para-hydroxylation sites is 3. The van der Waals surface area contributed by atoms with Gasteiger partial charge < -0.3 is 26.0 Å². The molecule has 3 amide bonds. The first kappa shape index (κ1) is 28.1. The summed E-state index contributed by atoms with van der Waals surface area (Å²) in [5, 5.41) is 19.3. The van der Waals surface area contributed by atoms with Gasteiger partial charge in [0.25, 0.3) is 17.7 Å². The molecule has 5 rings (SSSR count). The molecule has 0 radical (unpaired) electrons. The van der Waals surface area contributed by atoms with Crippen LogP contribution in [-0.2, 0) is 11.2 Å². The predicted octanol–water partition coefficient (Wildman–Crippen LogP) is 5.75. The molecule has 1 aromatic heterocycles. The van der Waals surface area contributed by atoms with Crippen LogP contribution in [0, 0.1) is 0 Å². The highest BCUT2D eigenvalue weighted by molar-refractivity contribution is 6.30. The van der Waals surface area contributed by atoms with Gasteiger partial charge in [0.15, 0.2) is 0 Å². The highest BCUT2D eigenvalue weighted by atomic mass is 35.5. The van der Waals surface area contributed by atoms with Gasteiger partial charge >= 0.3 is 5.97 Å². The van der Waals surface area contributed by atoms with E-state index in [1.54, 1.807) is 60.8 Å². The lowest BCUT2D eigenvalue weighted by Gasteiger charge is -2.17. The monoisotopic (exact) mass is 580 g/mol. The highest BCUT2D eigenvalue weighted by Crippen LogP contribution is 2.23. The summed E-state index contributed by atoms with van der Waals surface area (Å²) in [7, 11) is 0. The van der Waals surface area contributed by atoms with Crippen molar-refractivity contribution in [3.63, 3.8) is 0 Å². The summed E-state index contributed by atoms with van der Waals surface area (Å²) in [6.45, 7) is 0. The first-order valence-electron chi connectivity index (χ1n) is 12.9. The maximum Gasteiger partial charge on any atom is 0.326 e. The third-order valence-corrected chi connectivity index (χ3v) is 6.90. The van der Waals surface area contributed by atoms with Gasteiger partial charge in [-0.3, -0.25) is 14.4 Å². The second-order valence-electron chi connectivity index (χ2n) is 9.43. The van der Waals surface area contributed by atoms with Crippen molar-refractivity contribution in [2.45, 2.75) is 12.5 Å². The third-order valence-electron chi connectivity index (χ3n) is 6.65. The van der Waals surface area contributed by atoms with Crippen molar-refractivity contribution in [2.75, 3.05) is 10.6 Å². The number of halogens is 1. The Morgan fingerprint density at radius 2 is 1.29 bits per heavy atom. The van der Waals surface area contributed by atoms with Crippen LogP contribution in [0.3, 0.4) is 0 Å². The summed E-state index contributed by atoms with van der Waals surface area (Å²) < 4.78 is 0. The van der Waals surface area contributed by atoms with Crippen LogP contribution in [0.5, 0.6) is 0 Å². The van der Waals surface area contributed by atoms with Gasteiger partial charge in [-0.15, -0.1) is 0 Å². The summed E-state index contributed by atoms with van der Waals surface area (Å²) in [6.07, 6.45) is 1.78. The minimum absolute atomic E-state index is 0.0559. The van der Waals surface area contributed by atoms with E-state index in [4.69, 9.17) is 11.6 Å². The molecule has 0 bridgehead atoms. The van der Waals surface area contributed by atoms with Crippen molar-refractivity contribution in [1.82, 2.24) is 10.3 Å². The topological polar surface area (TPSA) is 140 Å². The van der Waals surface area contributed by atoms with E-state index in [9.17, 15) is 24.3 Å². The lowest BCUT2D eigenvalue weighted by Crippen LogP contribution is -2.42. The van der Waals surface area contributed by atoms with Crippen LogP contribution in [-0.4, -0.2) is 39.8 Å². The average Bonchev–Trinajstić information content (AvgIpc) is 3.40. The number of hydrogen-bond donors (Lipinski definition) is 5. The quantitative estimate of drug-likeness (QED) is 0.151. The molecule has 42 heavy (non-hydrogen) atoms. The molecule has 5 N–H and O–H groups in total. The fourth-order valence-corrected chi connectivity index (χ4v) is 4.65. The van der Waals surface area contributed by atoms with Gasteiger partial charge in [0.05, 0.1) is 22.5 Å². The molecular weight excluding hydrogens is 556 g/mol. The molecule has 0 fully saturated rings. The Morgan fingerprint density at radius 1 is 0.714 bits per heavy atom. The van der Waals surface area contributed by atoms with E-state index < -0.39 is 29.7 Å². The number of aromatic nitrogens is 1. The van der Waals surface area contributed by atoms with Gasteiger partial charge in [-0.2, -0.15) is 0 Å². The van der Waals surface area contributed by atoms with Crippen LogP contribution >= 0.6 is 11.6 Å². The highest BCUT2D eigenvalue weighted by Gasteiger charge is 2.24. The Morgan fingerprint density at radius 3 is 1.95 bits per heavy atom. The largest absolute Gasteiger partial charge is 0.480 e. The standard InChI is InChI=1S/C32H25ClN4O5/c33-21-15-13-19(14-16-21)29(38)35-26-11-5-2-8-23(26)30(39)36-27-12-6-3-9-24(27)31(40)37-28(32(41)42)17-20-18-34-25-10-4-1-7-22(20)25/h1-16,18,28,34H,17H2,(H,35,38)(H,36,39)(H,37,40)(H,41,42)/t28-/m1/s1. The molecule has 0 saturated heterocycles. The van der Waals surface area contributed by atoms with Gasteiger partial charge in [0.2, 0.25) is 0 Å².